The highest BCUT2D eigenvalue weighted by molar-refractivity contribution is 5.93. The summed E-state index contributed by atoms with van der Waals surface area (Å²) in [6.07, 6.45) is 6.77. The van der Waals surface area contributed by atoms with Crippen LogP contribution in [0.3, 0.4) is 0 Å². The van der Waals surface area contributed by atoms with E-state index in [0.717, 1.165) is 0 Å². The fourth-order valence-corrected chi connectivity index (χ4v) is 3.62. The molecule has 0 atom stereocenters. The Morgan fingerprint density at radius 1 is 0.469 bits per heavy atom. The largest absolute Gasteiger partial charge is 0.352 e. The van der Waals surface area contributed by atoms with Gasteiger partial charge in [0.2, 0.25) is 0 Å². The molecule has 3 aromatic heterocycles. The molecule has 2 aliphatic rings. The summed E-state index contributed by atoms with van der Waals surface area (Å²) in [5, 5.41) is 14.5. The van der Waals surface area contributed by atoms with Crippen LogP contribution < -0.4 is 0 Å². The molecule has 12 heteroatoms. The monoisotopic (exact) mass is 422 g/mol. The first-order valence-electron chi connectivity index (χ1n) is 9.33. The van der Waals surface area contributed by atoms with E-state index in [1.807, 2.05) is 0 Å². The number of fused-ring (bicyclic) bond motifs is 8. The Kier molecular flexibility index (Phi) is 4.37. The molecule has 0 saturated carbocycles. The van der Waals surface area contributed by atoms with Gasteiger partial charge in [0.05, 0.1) is 44.8 Å². The minimum atomic E-state index is 0.287. The van der Waals surface area contributed by atoms with E-state index in [9.17, 15) is 0 Å². The van der Waals surface area contributed by atoms with Gasteiger partial charge in [0.25, 0.3) is 0 Å². The number of H-pyrrole nitrogens is 2. The molecule has 5 heterocycles. The normalized spacial score (nSPS) is 12.0. The molecule has 5 rings (SSSR count). The highest BCUT2D eigenvalue weighted by Gasteiger charge is 2.15. The maximum Gasteiger partial charge on any atom is 0.134 e. The minimum Gasteiger partial charge on any atom is -0.352 e. The van der Waals surface area contributed by atoms with Gasteiger partial charge in [-0.3, -0.25) is 0 Å². The third-order valence-electron chi connectivity index (χ3n) is 5.09. The standard InChI is InChI=1S/C20H14N12/c21-29-17-9-1-2-10(25-9)18(30-22)12-5-6-14(27-12)20(32-24)16-8-7-15(28-16)19(31-23)13-4-3-11(17)26-13/h1-8,21-25,28H. The van der Waals surface area contributed by atoms with Gasteiger partial charge < -0.3 is 9.97 Å². The second-order valence-corrected chi connectivity index (χ2v) is 6.84. The lowest BCUT2D eigenvalue weighted by Gasteiger charge is -1.96. The van der Waals surface area contributed by atoms with Gasteiger partial charge >= 0.3 is 0 Å². The Morgan fingerprint density at radius 2 is 0.719 bits per heavy atom. The van der Waals surface area contributed by atoms with Crippen molar-refractivity contribution in [1.82, 2.24) is 19.9 Å². The maximum absolute atomic E-state index is 7.66. The number of aromatic nitrogens is 4. The SMILES string of the molecule is N=Nc1c2nc(c(N=N)c3ccc([nH]3)c(N=N)c3nc(c(N=N)c4ccc1[nH]4)C=C3)C=C2. The van der Waals surface area contributed by atoms with Crippen molar-refractivity contribution in [2.45, 2.75) is 0 Å². The number of hydrogen-bond acceptors (Lipinski definition) is 10. The Balaban J connectivity index is 2.03. The summed E-state index contributed by atoms with van der Waals surface area (Å²) in [5.74, 6) is 0. The van der Waals surface area contributed by atoms with Gasteiger partial charge in [-0.1, -0.05) is 0 Å². The van der Waals surface area contributed by atoms with Crippen LogP contribution in [0.1, 0.15) is 22.8 Å². The van der Waals surface area contributed by atoms with Gasteiger partial charge in [0, 0.05) is 0 Å². The van der Waals surface area contributed by atoms with Crippen LogP contribution in [0.2, 0.25) is 0 Å². The molecule has 0 aromatic carbocycles. The molecule has 6 N–H and O–H groups in total. The molecule has 12 nitrogen and oxygen atoms in total. The van der Waals surface area contributed by atoms with Crippen molar-refractivity contribution >= 4 is 69.1 Å². The summed E-state index contributed by atoms with van der Waals surface area (Å²) < 4.78 is 0. The van der Waals surface area contributed by atoms with Gasteiger partial charge in [-0.15, -0.1) is 0 Å². The lowest BCUT2D eigenvalue weighted by atomic mass is 10.3. The lowest BCUT2D eigenvalue weighted by molar-refractivity contribution is 1.11. The summed E-state index contributed by atoms with van der Waals surface area (Å²) in [5.41, 5.74) is 35.5. The highest BCUT2D eigenvalue weighted by Crippen LogP contribution is 2.35. The topological polar surface area (TPSA) is 202 Å². The summed E-state index contributed by atoms with van der Waals surface area (Å²) >= 11 is 0. The van der Waals surface area contributed by atoms with E-state index in [1.54, 1.807) is 48.6 Å². The Hall–Kier alpha value is -5.00. The first-order chi connectivity index (χ1) is 15.7. The molecule has 154 valence electrons. The van der Waals surface area contributed by atoms with Crippen LogP contribution in [0.15, 0.2) is 44.7 Å². The van der Waals surface area contributed by atoms with Gasteiger partial charge in [0.15, 0.2) is 0 Å². The smallest absolute Gasteiger partial charge is 0.134 e. The van der Waals surface area contributed by atoms with Crippen molar-refractivity contribution in [2.24, 2.45) is 20.5 Å². The first kappa shape index (κ1) is 19.0. The molecule has 32 heavy (non-hydrogen) atoms. The Labute approximate surface area is 179 Å². The minimum absolute atomic E-state index is 0.287. The van der Waals surface area contributed by atoms with E-state index in [4.69, 9.17) is 22.1 Å². The van der Waals surface area contributed by atoms with Crippen molar-refractivity contribution in [3.63, 3.8) is 0 Å². The zero-order valence-electron chi connectivity index (χ0n) is 16.3. The van der Waals surface area contributed by atoms with Crippen LogP contribution in [0.4, 0.5) is 22.7 Å². The number of aromatic amines is 2. The molecule has 3 aromatic rings. The molecule has 0 unspecified atom stereocenters. The average molecular weight is 422 g/mol. The molecule has 0 saturated heterocycles. The van der Waals surface area contributed by atoms with Crippen molar-refractivity contribution in [3.8, 4) is 0 Å². The van der Waals surface area contributed by atoms with Crippen LogP contribution in [0.25, 0.3) is 46.4 Å². The zero-order chi connectivity index (χ0) is 22.2. The number of nitrogens with zero attached hydrogens (tertiary/aromatic N) is 6. The molecule has 0 aliphatic carbocycles. The zero-order valence-corrected chi connectivity index (χ0v) is 16.3. The third kappa shape index (κ3) is 2.86. The average Bonchev–Trinajstić information content (AvgIpc) is 3.59. The van der Waals surface area contributed by atoms with E-state index >= 15 is 0 Å². The molecule has 2 aliphatic heterocycles. The lowest BCUT2D eigenvalue weighted by Crippen LogP contribution is -1.80. The fourth-order valence-electron chi connectivity index (χ4n) is 3.62. The fraction of sp³-hybridized carbons (Fsp3) is 0. The second-order valence-electron chi connectivity index (χ2n) is 6.84. The van der Waals surface area contributed by atoms with Gasteiger partial charge in [-0.25, -0.2) is 32.1 Å². The summed E-state index contributed by atoms with van der Waals surface area (Å²) in [4.78, 5) is 15.3. The molecule has 0 spiro atoms. The first-order valence-corrected chi connectivity index (χ1v) is 9.33. The summed E-state index contributed by atoms with van der Waals surface area (Å²) in [6, 6.07) is 6.88. The Bertz CT molecular complexity index is 1330. The van der Waals surface area contributed by atoms with Crippen LogP contribution >= 0.6 is 0 Å². The highest BCUT2D eigenvalue weighted by atomic mass is 15.0. The van der Waals surface area contributed by atoms with Gasteiger partial charge in [0.1, 0.15) is 22.7 Å². The molecule has 8 bridgehead atoms. The van der Waals surface area contributed by atoms with Crippen molar-refractivity contribution in [3.05, 3.63) is 47.0 Å². The predicted molar refractivity (Wildman–Crippen MR) is 118 cm³/mol. The predicted octanol–water partition coefficient (Wildman–Crippen LogP) is 7.31. The van der Waals surface area contributed by atoms with Crippen LogP contribution in [0.5, 0.6) is 0 Å². The molecular weight excluding hydrogens is 408 g/mol. The number of rotatable bonds is 4. The van der Waals surface area contributed by atoms with Crippen molar-refractivity contribution in [2.75, 3.05) is 0 Å². The second kappa shape index (κ2) is 7.36. The number of nitrogens with one attached hydrogen (secondary N) is 6. The molecular formula is C20H14N12. The third-order valence-corrected chi connectivity index (χ3v) is 5.09. The summed E-state index contributed by atoms with van der Waals surface area (Å²) in [6.45, 7) is 0. The number of hydrogen-bond donors (Lipinski definition) is 6. The maximum atomic E-state index is 7.66. The van der Waals surface area contributed by atoms with Crippen LogP contribution in [-0.4, -0.2) is 19.9 Å². The van der Waals surface area contributed by atoms with E-state index in [2.05, 4.69) is 40.4 Å². The van der Waals surface area contributed by atoms with E-state index < -0.39 is 0 Å². The van der Waals surface area contributed by atoms with Crippen molar-refractivity contribution in [1.29, 1.82) is 22.1 Å². The van der Waals surface area contributed by atoms with Gasteiger partial charge in [-0.05, 0) is 48.6 Å². The molecule has 0 fully saturated rings. The van der Waals surface area contributed by atoms with Crippen LogP contribution in [-0.2, 0) is 0 Å². The van der Waals surface area contributed by atoms with E-state index in [1.165, 1.54) is 0 Å². The van der Waals surface area contributed by atoms with Crippen molar-refractivity contribution < 1.29 is 0 Å². The van der Waals surface area contributed by atoms with E-state index in [0.29, 0.717) is 44.8 Å². The molecule has 0 amide bonds. The summed E-state index contributed by atoms with van der Waals surface area (Å²) in [7, 11) is 0. The molecule has 0 radical (unpaired) electrons. The van der Waals surface area contributed by atoms with E-state index in [-0.39, 0.29) is 22.7 Å². The van der Waals surface area contributed by atoms with Crippen LogP contribution in [0, 0.1) is 22.1 Å². The van der Waals surface area contributed by atoms with Gasteiger partial charge in [-0.2, -0.15) is 20.5 Å². The quantitative estimate of drug-likeness (QED) is 0.165. The Morgan fingerprint density at radius 3 is 0.938 bits per heavy atom.